The molecule has 0 amide bonds. The summed E-state index contributed by atoms with van der Waals surface area (Å²) in [6, 6.07) is 19.2. The van der Waals surface area contributed by atoms with Crippen LogP contribution in [0.2, 0.25) is 0 Å². The molecule has 1 unspecified atom stereocenters. The molecule has 1 heteroatoms. The van der Waals surface area contributed by atoms with Crippen molar-refractivity contribution in [1.82, 2.24) is 0 Å². The van der Waals surface area contributed by atoms with Crippen LogP contribution < -0.4 is 0 Å². The molecule has 0 aliphatic heterocycles. The Morgan fingerprint density at radius 1 is 0.941 bits per heavy atom. The van der Waals surface area contributed by atoms with Crippen LogP contribution in [0, 0.1) is 11.3 Å². The van der Waals surface area contributed by atoms with Gasteiger partial charge in [0.2, 0.25) is 0 Å². The van der Waals surface area contributed by atoms with Gasteiger partial charge >= 0.3 is 0 Å². The van der Waals surface area contributed by atoms with E-state index in [-0.39, 0.29) is 5.92 Å². The van der Waals surface area contributed by atoms with E-state index in [2.05, 4.69) is 48.5 Å². The van der Waals surface area contributed by atoms with Crippen molar-refractivity contribution >= 4 is 0 Å². The normalized spacial score (nSPS) is 17.5. The number of nitriles is 1. The molecule has 17 heavy (non-hydrogen) atoms. The van der Waals surface area contributed by atoms with E-state index in [9.17, 15) is 5.26 Å². The minimum absolute atomic E-state index is 0.0265. The van der Waals surface area contributed by atoms with E-state index < -0.39 is 0 Å². The average Bonchev–Trinajstić information content (AvgIpc) is 2.56. The van der Waals surface area contributed by atoms with Gasteiger partial charge in [0.05, 0.1) is 12.0 Å². The Kier molecular flexibility index (Phi) is 2.42. The van der Waals surface area contributed by atoms with Crippen LogP contribution in [0.3, 0.4) is 0 Å². The second-order valence-electron chi connectivity index (χ2n) is 4.46. The second kappa shape index (κ2) is 4.07. The Morgan fingerprint density at radius 3 is 2.47 bits per heavy atom. The van der Waals surface area contributed by atoms with Crippen LogP contribution >= 0.6 is 0 Å². The van der Waals surface area contributed by atoms with E-state index in [1.165, 1.54) is 22.3 Å². The van der Waals surface area contributed by atoms with Crippen LogP contribution in [0.1, 0.15) is 23.5 Å². The fourth-order valence-corrected chi connectivity index (χ4v) is 2.64. The van der Waals surface area contributed by atoms with Crippen LogP contribution in [0.4, 0.5) is 0 Å². The predicted octanol–water partition coefficient (Wildman–Crippen LogP) is 3.91. The highest BCUT2D eigenvalue weighted by atomic mass is 14.3. The summed E-state index contributed by atoms with van der Waals surface area (Å²) in [7, 11) is 0. The van der Waals surface area contributed by atoms with Gasteiger partial charge in [0.25, 0.3) is 0 Å². The number of hydrogen-bond donors (Lipinski definition) is 0. The molecule has 2 aromatic carbocycles. The molecule has 1 nitrogen and oxygen atoms in total. The van der Waals surface area contributed by atoms with Crippen molar-refractivity contribution in [3.8, 4) is 17.2 Å². The highest BCUT2D eigenvalue weighted by Gasteiger charge is 2.20. The molecule has 0 N–H and O–H groups in total. The van der Waals surface area contributed by atoms with Gasteiger partial charge in [-0.25, -0.2) is 0 Å². The van der Waals surface area contributed by atoms with E-state index >= 15 is 0 Å². The van der Waals surface area contributed by atoms with E-state index in [0.29, 0.717) is 0 Å². The summed E-state index contributed by atoms with van der Waals surface area (Å²) in [5.41, 5.74) is 5.06. The Morgan fingerprint density at radius 2 is 1.65 bits per heavy atom. The number of nitrogens with zero attached hydrogens (tertiary/aromatic N) is 1. The van der Waals surface area contributed by atoms with Gasteiger partial charge in [0.15, 0.2) is 0 Å². The van der Waals surface area contributed by atoms with E-state index in [1.807, 2.05) is 6.07 Å². The minimum Gasteiger partial charge on any atom is -0.198 e. The largest absolute Gasteiger partial charge is 0.198 e. The van der Waals surface area contributed by atoms with E-state index in [1.54, 1.807) is 0 Å². The van der Waals surface area contributed by atoms with Crippen LogP contribution in [-0.4, -0.2) is 0 Å². The van der Waals surface area contributed by atoms with Gasteiger partial charge in [-0.2, -0.15) is 5.26 Å². The summed E-state index contributed by atoms with van der Waals surface area (Å²) in [5.74, 6) is 0.0265. The lowest BCUT2D eigenvalue weighted by Gasteiger charge is -2.10. The molecule has 82 valence electrons. The zero-order chi connectivity index (χ0) is 11.7. The molecule has 1 atom stereocenters. The SMILES string of the molecule is N#CC1CCc2ccccc2-c2ccccc21. The standard InChI is InChI=1S/C16H13N/c17-11-13-10-9-12-5-1-2-6-14(12)16-8-4-3-7-15(13)16/h1-8,13H,9-10H2. The fraction of sp³-hybridized carbons (Fsp3) is 0.188. The maximum absolute atomic E-state index is 9.29. The first-order valence-electron chi connectivity index (χ1n) is 5.97. The fourth-order valence-electron chi connectivity index (χ4n) is 2.64. The number of hydrogen-bond acceptors (Lipinski definition) is 1. The van der Waals surface area contributed by atoms with Gasteiger partial charge in [-0.15, -0.1) is 0 Å². The first-order chi connectivity index (χ1) is 8.40. The van der Waals surface area contributed by atoms with Crippen molar-refractivity contribution in [2.75, 3.05) is 0 Å². The number of benzene rings is 2. The van der Waals surface area contributed by atoms with Crippen LogP contribution in [-0.2, 0) is 6.42 Å². The van der Waals surface area contributed by atoms with Gasteiger partial charge in [0.1, 0.15) is 0 Å². The Balaban J connectivity index is 2.28. The molecule has 0 saturated carbocycles. The van der Waals surface area contributed by atoms with Gasteiger partial charge < -0.3 is 0 Å². The third-order valence-electron chi connectivity index (χ3n) is 3.50. The van der Waals surface area contributed by atoms with Crippen molar-refractivity contribution in [1.29, 1.82) is 5.26 Å². The van der Waals surface area contributed by atoms with Gasteiger partial charge in [-0.3, -0.25) is 0 Å². The predicted molar refractivity (Wildman–Crippen MR) is 68.6 cm³/mol. The Hall–Kier alpha value is -2.07. The smallest absolute Gasteiger partial charge is 0.0721 e. The zero-order valence-corrected chi connectivity index (χ0v) is 9.56. The lowest BCUT2D eigenvalue weighted by Crippen LogP contribution is -1.95. The molecule has 0 fully saturated rings. The van der Waals surface area contributed by atoms with Crippen molar-refractivity contribution < 1.29 is 0 Å². The molecule has 0 saturated heterocycles. The highest BCUT2D eigenvalue weighted by Crippen LogP contribution is 2.37. The Labute approximate surface area is 101 Å². The molecule has 1 aliphatic rings. The summed E-state index contributed by atoms with van der Waals surface area (Å²) < 4.78 is 0. The first-order valence-corrected chi connectivity index (χ1v) is 5.97. The molecular weight excluding hydrogens is 206 g/mol. The third kappa shape index (κ3) is 1.62. The molecule has 0 aromatic heterocycles. The first kappa shape index (κ1) is 10.1. The summed E-state index contributed by atoms with van der Waals surface area (Å²) in [5, 5.41) is 9.29. The molecule has 3 rings (SSSR count). The molecular formula is C16H13N. The van der Waals surface area contributed by atoms with Crippen molar-refractivity contribution in [3.63, 3.8) is 0 Å². The van der Waals surface area contributed by atoms with Crippen molar-refractivity contribution in [3.05, 3.63) is 59.7 Å². The Bertz CT molecular complexity index is 592. The lowest BCUT2D eigenvalue weighted by atomic mass is 9.92. The molecule has 0 spiro atoms. The molecule has 0 heterocycles. The average molecular weight is 219 g/mol. The zero-order valence-electron chi connectivity index (χ0n) is 9.56. The summed E-state index contributed by atoms with van der Waals surface area (Å²) in [6.45, 7) is 0. The van der Waals surface area contributed by atoms with Crippen molar-refractivity contribution in [2.45, 2.75) is 18.8 Å². The number of rotatable bonds is 0. The highest BCUT2D eigenvalue weighted by molar-refractivity contribution is 5.72. The quantitative estimate of drug-likeness (QED) is 0.659. The molecule has 0 bridgehead atoms. The van der Waals surface area contributed by atoms with Gasteiger partial charge in [-0.05, 0) is 35.1 Å². The molecule has 1 aliphatic carbocycles. The second-order valence-corrected chi connectivity index (χ2v) is 4.46. The van der Waals surface area contributed by atoms with Crippen LogP contribution in [0.25, 0.3) is 11.1 Å². The summed E-state index contributed by atoms with van der Waals surface area (Å²) in [4.78, 5) is 0. The molecule has 2 aromatic rings. The topological polar surface area (TPSA) is 23.8 Å². The van der Waals surface area contributed by atoms with E-state index in [4.69, 9.17) is 0 Å². The summed E-state index contributed by atoms with van der Waals surface area (Å²) in [6.07, 6.45) is 1.91. The van der Waals surface area contributed by atoms with Crippen LogP contribution in [0.5, 0.6) is 0 Å². The minimum atomic E-state index is 0.0265. The third-order valence-corrected chi connectivity index (χ3v) is 3.50. The molecule has 0 radical (unpaired) electrons. The monoisotopic (exact) mass is 219 g/mol. The maximum Gasteiger partial charge on any atom is 0.0721 e. The maximum atomic E-state index is 9.29. The van der Waals surface area contributed by atoms with E-state index in [0.717, 1.165) is 12.8 Å². The van der Waals surface area contributed by atoms with Gasteiger partial charge in [-0.1, -0.05) is 48.5 Å². The van der Waals surface area contributed by atoms with Gasteiger partial charge in [0, 0.05) is 0 Å². The summed E-state index contributed by atoms with van der Waals surface area (Å²) >= 11 is 0. The number of aryl methyl sites for hydroxylation is 1. The van der Waals surface area contributed by atoms with Crippen LogP contribution in [0.15, 0.2) is 48.5 Å². The number of fused-ring (bicyclic) bond motifs is 3. The lowest BCUT2D eigenvalue weighted by molar-refractivity contribution is 0.758. The van der Waals surface area contributed by atoms with Crippen molar-refractivity contribution in [2.24, 2.45) is 0 Å².